The third-order valence-electron chi connectivity index (χ3n) is 4.36. The van der Waals surface area contributed by atoms with E-state index >= 15 is 0 Å². The minimum Gasteiger partial charge on any atom is -0.461 e. The number of fused-ring (bicyclic) bond motifs is 1. The van der Waals surface area contributed by atoms with Crippen molar-refractivity contribution in [2.45, 2.75) is 40.5 Å². The Morgan fingerprint density at radius 1 is 1.28 bits per heavy atom. The third kappa shape index (κ3) is 3.31. The molecule has 3 aromatic heterocycles. The molecule has 6 heteroatoms. The maximum atomic E-state index is 13.0. The fraction of sp³-hybridized carbons (Fsp3) is 0.421. The summed E-state index contributed by atoms with van der Waals surface area (Å²) in [6.45, 7) is 9.62. The number of furan rings is 1. The van der Waals surface area contributed by atoms with Gasteiger partial charge in [0, 0.05) is 18.5 Å². The number of carbonyl (C=O) groups excluding carboxylic acids is 1. The molecule has 0 bridgehead atoms. The molecular formula is C19H23N3O2S. The average molecular weight is 357 g/mol. The van der Waals surface area contributed by atoms with E-state index in [0.717, 1.165) is 52.3 Å². The van der Waals surface area contributed by atoms with Gasteiger partial charge in [-0.25, -0.2) is 9.97 Å². The summed E-state index contributed by atoms with van der Waals surface area (Å²) in [5.74, 6) is 1.30. The lowest BCUT2D eigenvalue weighted by atomic mass is 10.1. The van der Waals surface area contributed by atoms with Crippen LogP contribution in [0.4, 0.5) is 0 Å². The molecule has 0 saturated heterocycles. The first kappa shape index (κ1) is 17.6. The summed E-state index contributed by atoms with van der Waals surface area (Å²) in [5.41, 5.74) is 1.85. The van der Waals surface area contributed by atoms with Crippen molar-refractivity contribution >= 4 is 27.5 Å². The minimum absolute atomic E-state index is 0.0930. The molecule has 3 rings (SSSR count). The van der Waals surface area contributed by atoms with Gasteiger partial charge >= 0.3 is 0 Å². The highest BCUT2D eigenvalue weighted by molar-refractivity contribution is 7.20. The van der Waals surface area contributed by atoms with Crippen molar-refractivity contribution in [1.82, 2.24) is 14.9 Å². The van der Waals surface area contributed by atoms with E-state index in [1.54, 1.807) is 6.26 Å². The third-order valence-corrected chi connectivity index (χ3v) is 5.53. The molecule has 25 heavy (non-hydrogen) atoms. The zero-order chi connectivity index (χ0) is 18.0. The topological polar surface area (TPSA) is 59.2 Å². The summed E-state index contributed by atoms with van der Waals surface area (Å²) >= 11 is 1.45. The van der Waals surface area contributed by atoms with Crippen LogP contribution in [0.25, 0.3) is 21.8 Å². The Kier molecular flexibility index (Phi) is 5.18. The second-order valence-corrected chi connectivity index (χ2v) is 7.08. The van der Waals surface area contributed by atoms with E-state index in [0.29, 0.717) is 11.6 Å². The van der Waals surface area contributed by atoms with Crippen molar-refractivity contribution in [2.24, 2.45) is 0 Å². The summed E-state index contributed by atoms with van der Waals surface area (Å²) in [6.07, 6.45) is 3.71. The minimum atomic E-state index is 0.0930. The van der Waals surface area contributed by atoms with Gasteiger partial charge in [0.25, 0.3) is 5.91 Å². The quantitative estimate of drug-likeness (QED) is 0.634. The Morgan fingerprint density at radius 2 is 2.08 bits per heavy atom. The normalized spacial score (nSPS) is 11.2. The Labute approximate surface area is 151 Å². The summed E-state index contributed by atoms with van der Waals surface area (Å²) in [4.78, 5) is 25.7. The lowest BCUT2D eigenvalue weighted by molar-refractivity contribution is 0.0766. The van der Waals surface area contributed by atoms with Crippen LogP contribution in [-0.2, 0) is 0 Å². The second kappa shape index (κ2) is 7.35. The van der Waals surface area contributed by atoms with Gasteiger partial charge in [-0.3, -0.25) is 4.79 Å². The summed E-state index contributed by atoms with van der Waals surface area (Å²) in [5, 5.41) is 0.982. The van der Waals surface area contributed by atoms with Crippen molar-refractivity contribution in [3.05, 3.63) is 34.5 Å². The highest BCUT2D eigenvalue weighted by atomic mass is 32.1. The highest BCUT2D eigenvalue weighted by Crippen LogP contribution is 2.33. The number of aryl methyl sites for hydroxylation is 2. The summed E-state index contributed by atoms with van der Waals surface area (Å²) in [7, 11) is 0. The van der Waals surface area contributed by atoms with Crippen LogP contribution >= 0.6 is 11.3 Å². The van der Waals surface area contributed by atoms with Crippen LogP contribution < -0.4 is 0 Å². The molecular weight excluding hydrogens is 334 g/mol. The largest absolute Gasteiger partial charge is 0.461 e. The van der Waals surface area contributed by atoms with Crippen LogP contribution in [0, 0.1) is 13.8 Å². The summed E-state index contributed by atoms with van der Waals surface area (Å²) < 4.78 is 5.41. The van der Waals surface area contributed by atoms with Crippen molar-refractivity contribution < 1.29 is 9.21 Å². The van der Waals surface area contributed by atoms with E-state index in [4.69, 9.17) is 4.42 Å². The Hall–Kier alpha value is -2.21. The lowest BCUT2D eigenvalue weighted by Crippen LogP contribution is -2.31. The number of hydrogen-bond donors (Lipinski definition) is 0. The molecule has 0 unspecified atom stereocenters. The van der Waals surface area contributed by atoms with Crippen LogP contribution in [0.5, 0.6) is 0 Å². The van der Waals surface area contributed by atoms with Gasteiger partial charge in [0.2, 0.25) is 0 Å². The maximum absolute atomic E-state index is 13.0. The first-order chi connectivity index (χ1) is 12.1. The van der Waals surface area contributed by atoms with Gasteiger partial charge in [-0.15, -0.1) is 11.3 Å². The fourth-order valence-electron chi connectivity index (χ4n) is 2.95. The number of aromatic nitrogens is 2. The maximum Gasteiger partial charge on any atom is 0.264 e. The Morgan fingerprint density at radius 3 is 2.72 bits per heavy atom. The van der Waals surface area contributed by atoms with E-state index in [1.165, 1.54) is 11.3 Å². The molecule has 0 saturated carbocycles. The number of hydrogen-bond acceptors (Lipinski definition) is 5. The number of unbranched alkanes of at least 4 members (excludes halogenated alkanes) is 1. The van der Waals surface area contributed by atoms with E-state index in [-0.39, 0.29) is 5.91 Å². The molecule has 0 atom stereocenters. The van der Waals surface area contributed by atoms with Crippen LogP contribution in [0.1, 0.15) is 47.6 Å². The molecule has 0 aliphatic carbocycles. The predicted octanol–water partition coefficient (Wildman–Crippen LogP) is 4.83. The first-order valence-corrected chi connectivity index (χ1v) is 9.49. The molecule has 3 aromatic rings. The fourth-order valence-corrected chi connectivity index (χ4v) is 4.15. The monoisotopic (exact) mass is 357 g/mol. The molecule has 0 fully saturated rings. The van der Waals surface area contributed by atoms with Gasteiger partial charge in [0.05, 0.1) is 16.8 Å². The van der Waals surface area contributed by atoms with E-state index in [1.807, 2.05) is 37.8 Å². The number of carbonyl (C=O) groups is 1. The molecule has 5 nitrogen and oxygen atoms in total. The molecule has 0 radical (unpaired) electrons. The van der Waals surface area contributed by atoms with Crippen molar-refractivity contribution in [3.8, 4) is 11.6 Å². The van der Waals surface area contributed by atoms with Crippen molar-refractivity contribution in [1.29, 1.82) is 0 Å². The van der Waals surface area contributed by atoms with Gasteiger partial charge in [-0.2, -0.15) is 0 Å². The zero-order valence-electron chi connectivity index (χ0n) is 15.1. The van der Waals surface area contributed by atoms with Gasteiger partial charge in [0.15, 0.2) is 11.6 Å². The van der Waals surface area contributed by atoms with Crippen molar-refractivity contribution in [2.75, 3.05) is 13.1 Å². The van der Waals surface area contributed by atoms with Gasteiger partial charge in [-0.1, -0.05) is 13.3 Å². The first-order valence-electron chi connectivity index (χ1n) is 8.67. The molecule has 0 spiro atoms. The highest BCUT2D eigenvalue weighted by Gasteiger charge is 2.23. The van der Waals surface area contributed by atoms with Crippen molar-refractivity contribution in [3.63, 3.8) is 0 Å². The van der Waals surface area contributed by atoms with E-state index in [9.17, 15) is 4.79 Å². The average Bonchev–Trinajstić information content (AvgIpc) is 3.23. The standard InChI is InChI=1S/C19H23N3O2S/c1-5-7-10-22(6-2)19(23)16-12(3)15-13(4)20-17(21-18(15)25-16)14-9-8-11-24-14/h8-9,11H,5-7,10H2,1-4H3. The van der Waals surface area contributed by atoms with Gasteiger partial charge < -0.3 is 9.32 Å². The van der Waals surface area contributed by atoms with Crippen LogP contribution in [0.3, 0.4) is 0 Å². The molecule has 0 aromatic carbocycles. The van der Waals surface area contributed by atoms with E-state index in [2.05, 4.69) is 16.9 Å². The smallest absolute Gasteiger partial charge is 0.264 e. The van der Waals surface area contributed by atoms with Crippen LogP contribution in [-0.4, -0.2) is 33.9 Å². The molecule has 0 aliphatic rings. The molecule has 0 aliphatic heterocycles. The lowest BCUT2D eigenvalue weighted by Gasteiger charge is -2.20. The predicted molar refractivity (Wildman–Crippen MR) is 101 cm³/mol. The number of rotatable bonds is 6. The second-order valence-electron chi connectivity index (χ2n) is 6.08. The number of amides is 1. The SMILES string of the molecule is CCCCN(CC)C(=O)c1sc2nc(-c3ccco3)nc(C)c2c1C. The molecule has 1 amide bonds. The van der Waals surface area contributed by atoms with Crippen LogP contribution in [0.15, 0.2) is 22.8 Å². The Bertz CT molecular complexity index is 884. The molecule has 132 valence electrons. The van der Waals surface area contributed by atoms with Gasteiger partial charge in [-0.05, 0) is 44.9 Å². The van der Waals surface area contributed by atoms with Crippen LogP contribution in [0.2, 0.25) is 0 Å². The summed E-state index contributed by atoms with van der Waals surface area (Å²) in [6, 6.07) is 3.66. The Balaban J connectivity index is 2.04. The molecule has 0 N–H and O–H groups in total. The number of thiophene rings is 1. The van der Waals surface area contributed by atoms with E-state index < -0.39 is 0 Å². The number of nitrogens with zero attached hydrogens (tertiary/aromatic N) is 3. The van der Waals surface area contributed by atoms with Gasteiger partial charge in [0.1, 0.15) is 4.83 Å². The molecule has 3 heterocycles. The zero-order valence-corrected chi connectivity index (χ0v) is 15.9.